The number of carbonyl (C=O) groups is 1. The Hall–Kier alpha value is -2.92. The van der Waals surface area contributed by atoms with Crippen molar-refractivity contribution in [2.24, 2.45) is 0 Å². The number of carboxylic acid groups (broad SMARTS) is 1. The Balaban J connectivity index is 1.51. The van der Waals surface area contributed by atoms with E-state index in [1.165, 1.54) is 5.56 Å². The van der Waals surface area contributed by atoms with Crippen LogP contribution in [0.5, 0.6) is 0 Å². The fourth-order valence-corrected chi connectivity index (χ4v) is 3.48. The van der Waals surface area contributed by atoms with E-state index in [0.717, 1.165) is 44.1 Å². The molecule has 1 saturated heterocycles. The van der Waals surface area contributed by atoms with Crippen LogP contribution in [0.15, 0.2) is 60.7 Å². The molecule has 3 aromatic rings. The van der Waals surface area contributed by atoms with Crippen molar-refractivity contribution < 1.29 is 9.90 Å². The quantitative estimate of drug-likeness (QED) is 0.785. The monoisotopic (exact) mass is 347 g/mol. The Bertz CT molecular complexity index is 919. The molecule has 0 saturated carbocycles. The highest BCUT2D eigenvalue weighted by atomic mass is 16.4. The number of hydrogen-bond acceptors (Lipinski definition) is 4. The van der Waals surface area contributed by atoms with E-state index in [-0.39, 0.29) is 0 Å². The van der Waals surface area contributed by atoms with Crippen LogP contribution >= 0.6 is 0 Å². The maximum absolute atomic E-state index is 11.7. The molecule has 1 aliphatic rings. The molecule has 0 amide bonds. The number of aromatic carboxylic acids is 1. The zero-order valence-corrected chi connectivity index (χ0v) is 14.5. The van der Waals surface area contributed by atoms with Crippen molar-refractivity contribution in [2.75, 3.05) is 31.1 Å². The number of fused-ring (bicyclic) bond motifs is 1. The van der Waals surface area contributed by atoms with Crippen molar-refractivity contribution in [1.82, 2.24) is 9.88 Å². The molecule has 26 heavy (non-hydrogen) atoms. The van der Waals surface area contributed by atoms with E-state index in [1.807, 2.05) is 30.3 Å². The summed E-state index contributed by atoms with van der Waals surface area (Å²) in [6.45, 7) is 4.51. The van der Waals surface area contributed by atoms with Crippen molar-refractivity contribution in [3.8, 4) is 0 Å². The third-order valence-electron chi connectivity index (χ3n) is 4.88. The fourth-order valence-electron chi connectivity index (χ4n) is 3.48. The molecule has 2 aromatic carbocycles. The molecule has 5 nitrogen and oxygen atoms in total. The van der Waals surface area contributed by atoms with Gasteiger partial charge in [-0.05, 0) is 17.7 Å². The first-order valence-electron chi connectivity index (χ1n) is 8.85. The lowest BCUT2D eigenvalue weighted by molar-refractivity contribution is 0.0699. The molecular formula is C21H21N3O2. The number of benzene rings is 2. The van der Waals surface area contributed by atoms with Gasteiger partial charge >= 0.3 is 5.97 Å². The summed E-state index contributed by atoms with van der Waals surface area (Å²) in [6.07, 6.45) is 0. The first-order valence-corrected chi connectivity index (χ1v) is 8.85. The van der Waals surface area contributed by atoms with Gasteiger partial charge in [0, 0.05) is 38.1 Å². The molecule has 0 spiro atoms. The van der Waals surface area contributed by atoms with Crippen molar-refractivity contribution in [3.05, 3.63) is 71.8 Å². The minimum atomic E-state index is -0.910. The highest BCUT2D eigenvalue weighted by Gasteiger charge is 2.20. The molecule has 0 unspecified atom stereocenters. The maximum atomic E-state index is 11.7. The Morgan fingerprint density at radius 2 is 1.65 bits per heavy atom. The molecule has 4 rings (SSSR count). The number of nitrogens with zero attached hydrogens (tertiary/aromatic N) is 3. The summed E-state index contributed by atoms with van der Waals surface area (Å²) in [7, 11) is 0. The molecule has 0 aliphatic carbocycles. The van der Waals surface area contributed by atoms with Crippen LogP contribution in [0.1, 0.15) is 15.9 Å². The summed E-state index contributed by atoms with van der Waals surface area (Å²) >= 11 is 0. The standard InChI is InChI=1S/C21H21N3O2/c25-21(26)18-14-20(22-19-9-5-4-8-17(18)19)24-12-10-23(11-13-24)15-16-6-2-1-3-7-16/h1-9,14H,10-13,15H2,(H,25,26). The summed E-state index contributed by atoms with van der Waals surface area (Å²) in [5, 5.41) is 10.2. The van der Waals surface area contributed by atoms with Crippen LogP contribution < -0.4 is 4.90 Å². The number of pyridine rings is 1. The van der Waals surface area contributed by atoms with Gasteiger partial charge in [0.25, 0.3) is 0 Å². The molecule has 0 radical (unpaired) electrons. The van der Waals surface area contributed by atoms with Crippen LogP contribution in [0.4, 0.5) is 5.82 Å². The Morgan fingerprint density at radius 3 is 2.38 bits per heavy atom. The highest BCUT2D eigenvalue weighted by Crippen LogP contribution is 2.24. The van der Waals surface area contributed by atoms with Crippen LogP contribution in [0.3, 0.4) is 0 Å². The molecule has 0 bridgehead atoms. The van der Waals surface area contributed by atoms with Crippen LogP contribution in [-0.2, 0) is 6.54 Å². The second-order valence-corrected chi connectivity index (χ2v) is 6.60. The van der Waals surface area contributed by atoms with Gasteiger partial charge in [-0.2, -0.15) is 0 Å². The predicted octanol–water partition coefficient (Wildman–Crippen LogP) is 3.26. The topological polar surface area (TPSA) is 56.7 Å². The second-order valence-electron chi connectivity index (χ2n) is 6.60. The average Bonchev–Trinajstić information content (AvgIpc) is 2.68. The van der Waals surface area contributed by atoms with Gasteiger partial charge in [0.1, 0.15) is 5.82 Å². The predicted molar refractivity (Wildman–Crippen MR) is 103 cm³/mol. The average molecular weight is 347 g/mol. The van der Waals surface area contributed by atoms with Crippen molar-refractivity contribution in [1.29, 1.82) is 0 Å². The highest BCUT2D eigenvalue weighted by molar-refractivity contribution is 6.03. The molecule has 1 N–H and O–H groups in total. The third kappa shape index (κ3) is 3.39. The maximum Gasteiger partial charge on any atom is 0.336 e. The van der Waals surface area contributed by atoms with Gasteiger partial charge in [0.2, 0.25) is 0 Å². The summed E-state index contributed by atoms with van der Waals surface area (Å²) in [5.74, 6) is -0.159. The fraction of sp³-hybridized carbons (Fsp3) is 0.238. The molecular weight excluding hydrogens is 326 g/mol. The molecule has 132 valence electrons. The Morgan fingerprint density at radius 1 is 0.962 bits per heavy atom. The first-order chi connectivity index (χ1) is 12.7. The van der Waals surface area contributed by atoms with E-state index >= 15 is 0 Å². The largest absolute Gasteiger partial charge is 0.478 e. The van der Waals surface area contributed by atoms with Gasteiger partial charge in [-0.25, -0.2) is 9.78 Å². The van der Waals surface area contributed by atoms with Crippen molar-refractivity contribution >= 4 is 22.7 Å². The first kappa shape index (κ1) is 16.5. The van der Waals surface area contributed by atoms with E-state index in [9.17, 15) is 9.90 Å². The van der Waals surface area contributed by atoms with E-state index in [0.29, 0.717) is 10.9 Å². The van der Waals surface area contributed by atoms with E-state index in [2.05, 4.69) is 34.1 Å². The lowest BCUT2D eigenvalue weighted by Gasteiger charge is -2.35. The van der Waals surface area contributed by atoms with Crippen molar-refractivity contribution in [2.45, 2.75) is 6.54 Å². The zero-order chi connectivity index (χ0) is 17.9. The smallest absolute Gasteiger partial charge is 0.336 e. The van der Waals surface area contributed by atoms with Gasteiger partial charge in [0.05, 0.1) is 11.1 Å². The van der Waals surface area contributed by atoms with E-state index in [4.69, 9.17) is 4.98 Å². The van der Waals surface area contributed by atoms with E-state index < -0.39 is 5.97 Å². The lowest BCUT2D eigenvalue weighted by Crippen LogP contribution is -2.46. The van der Waals surface area contributed by atoms with Crippen molar-refractivity contribution in [3.63, 3.8) is 0 Å². The van der Waals surface area contributed by atoms with Gasteiger partial charge in [-0.1, -0.05) is 48.5 Å². The molecule has 1 aliphatic heterocycles. The Kier molecular flexibility index (Phi) is 4.54. The third-order valence-corrected chi connectivity index (χ3v) is 4.88. The van der Waals surface area contributed by atoms with E-state index in [1.54, 1.807) is 6.07 Å². The molecule has 1 fully saturated rings. The van der Waals surface area contributed by atoms with Gasteiger partial charge in [-0.3, -0.25) is 4.90 Å². The number of carboxylic acids is 1. The second kappa shape index (κ2) is 7.14. The number of rotatable bonds is 4. The minimum Gasteiger partial charge on any atom is -0.478 e. The summed E-state index contributed by atoms with van der Waals surface area (Å²) in [5.41, 5.74) is 2.37. The number of anilines is 1. The van der Waals surface area contributed by atoms with Gasteiger partial charge in [-0.15, -0.1) is 0 Å². The zero-order valence-electron chi connectivity index (χ0n) is 14.5. The van der Waals surface area contributed by atoms with Crippen LogP contribution in [0.25, 0.3) is 10.9 Å². The van der Waals surface area contributed by atoms with Crippen LogP contribution in [0.2, 0.25) is 0 Å². The number of piperazine rings is 1. The van der Waals surface area contributed by atoms with Crippen LogP contribution in [0, 0.1) is 0 Å². The molecule has 2 heterocycles. The van der Waals surface area contributed by atoms with Crippen LogP contribution in [-0.4, -0.2) is 47.1 Å². The lowest BCUT2D eigenvalue weighted by atomic mass is 10.1. The normalized spacial score (nSPS) is 15.3. The number of aromatic nitrogens is 1. The number of hydrogen-bond donors (Lipinski definition) is 1. The SMILES string of the molecule is O=C(O)c1cc(N2CCN(Cc3ccccc3)CC2)nc2ccccc12. The Labute approximate surface area is 152 Å². The molecule has 1 aromatic heterocycles. The summed E-state index contributed by atoms with van der Waals surface area (Å²) in [4.78, 5) is 20.9. The molecule has 0 atom stereocenters. The minimum absolute atomic E-state index is 0.317. The van der Waals surface area contributed by atoms with Gasteiger partial charge < -0.3 is 10.0 Å². The van der Waals surface area contributed by atoms with Gasteiger partial charge in [0.15, 0.2) is 0 Å². The molecule has 5 heteroatoms. The number of para-hydroxylation sites is 1. The summed E-state index contributed by atoms with van der Waals surface area (Å²) in [6, 6.07) is 19.6. The summed E-state index contributed by atoms with van der Waals surface area (Å²) < 4.78 is 0.